The minimum absolute atomic E-state index is 0.0872. The number of azo groups is 1. The summed E-state index contributed by atoms with van der Waals surface area (Å²) in [5.74, 6) is -0.370. The van der Waals surface area contributed by atoms with E-state index < -0.39 is 4.92 Å². The van der Waals surface area contributed by atoms with Gasteiger partial charge in [-0.1, -0.05) is 24.3 Å². The van der Waals surface area contributed by atoms with E-state index in [1.165, 1.54) is 18.2 Å². The predicted octanol–water partition coefficient (Wildman–Crippen LogP) is 5.74. The van der Waals surface area contributed by atoms with Gasteiger partial charge in [0.25, 0.3) is 11.6 Å². The van der Waals surface area contributed by atoms with Gasteiger partial charge in [-0.25, -0.2) is 0 Å². The Bertz CT molecular complexity index is 1230. The van der Waals surface area contributed by atoms with E-state index in [0.29, 0.717) is 16.9 Å². The first-order valence-corrected chi connectivity index (χ1v) is 8.74. The van der Waals surface area contributed by atoms with Crippen molar-refractivity contribution in [3.05, 3.63) is 94.7 Å². The third-order valence-electron chi connectivity index (χ3n) is 4.28. The van der Waals surface area contributed by atoms with Crippen LogP contribution in [0.1, 0.15) is 10.4 Å². The lowest BCUT2D eigenvalue weighted by Gasteiger charge is -2.05. The van der Waals surface area contributed by atoms with Crippen molar-refractivity contribution in [3.8, 4) is 0 Å². The summed E-state index contributed by atoms with van der Waals surface area (Å²) in [4.78, 5) is 25.8. The molecule has 29 heavy (non-hydrogen) atoms. The number of para-hydroxylation sites is 1. The average Bonchev–Trinajstić information content (AvgIpc) is 3.16. The first-order valence-electron chi connectivity index (χ1n) is 8.74. The highest BCUT2D eigenvalue weighted by molar-refractivity contribution is 6.04. The molecular weight excluding hydrogens is 370 g/mol. The molecule has 0 atom stereocenters. The number of carbonyl (C=O) groups excluding carboxylic acids is 1. The second kappa shape index (κ2) is 7.73. The fraction of sp³-hybridized carbons (Fsp3) is 0. The molecule has 1 heterocycles. The van der Waals surface area contributed by atoms with Crippen molar-refractivity contribution in [1.29, 1.82) is 0 Å². The molecule has 2 N–H and O–H groups in total. The number of H-pyrrole nitrogens is 1. The largest absolute Gasteiger partial charge is 0.359 e. The number of benzene rings is 3. The summed E-state index contributed by atoms with van der Waals surface area (Å²) in [5, 5.41) is 22.9. The molecule has 4 rings (SSSR count). The van der Waals surface area contributed by atoms with Crippen LogP contribution in [0, 0.1) is 10.1 Å². The molecule has 1 aromatic heterocycles. The molecule has 0 aliphatic carbocycles. The molecule has 142 valence electrons. The number of fused-ring (bicyclic) bond motifs is 1. The highest BCUT2D eigenvalue weighted by atomic mass is 16.6. The maximum absolute atomic E-state index is 12.4. The molecule has 8 nitrogen and oxygen atoms in total. The van der Waals surface area contributed by atoms with Crippen LogP contribution in [0.4, 0.5) is 22.7 Å². The van der Waals surface area contributed by atoms with E-state index in [1.54, 1.807) is 36.5 Å². The smallest absolute Gasteiger partial charge is 0.271 e. The van der Waals surface area contributed by atoms with E-state index in [0.717, 1.165) is 16.6 Å². The quantitative estimate of drug-likeness (QED) is 0.259. The Balaban J connectivity index is 1.46. The zero-order valence-electron chi connectivity index (χ0n) is 15.1. The Morgan fingerprint density at radius 3 is 2.55 bits per heavy atom. The summed E-state index contributed by atoms with van der Waals surface area (Å²) in [6, 6.07) is 20.2. The molecule has 4 aromatic rings. The highest BCUT2D eigenvalue weighted by Gasteiger charge is 2.10. The Kier molecular flexibility index (Phi) is 4.81. The summed E-state index contributed by atoms with van der Waals surface area (Å²) in [6.07, 6.45) is 1.79. The molecule has 0 saturated heterocycles. The first-order chi connectivity index (χ1) is 14.1. The summed E-state index contributed by atoms with van der Waals surface area (Å²) in [7, 11) is 0. The van der Waals surface area contributed by atoms with Crippen LogP contribution >= 0.6 is 0 Å². The zero-order chi connectivity index (χ0) is 20.2. The number of carbonyl (C=O) groups is 1. The number of nitrogens with one attached hydrogen (secondary N) is 2. The van der Waals surface area contributed by atoms with Gasteiger partial charge in [-0.05, 0) is 36.4 Å². The van der Waals surface area contributed by atoms with Crippen LogP contribution in [-0.2, 0) is 0 Å². The zero-order valence-corrected chi connectivity index (χ0v) is 15.1. The summed E-state index contributed by atoms with van der Waals surface area (Å²) in [5.41, 5.74) is 2.98. The van der Waals surface area contributed by atoms with Crippen molar-refractivity contribution >= 4 is 39.6 Å². The molecular formula is C21H15N5O3. The van der Waals surface area contributed by atoms with E-state index in [2.05, 4.69) is 20.5 Å². The second-order valence-corrected chi connectivity index (χ2v) is 6.23. The number of aromatic nitrogens is 1. The van der Waals surface area contributed by atoms with Crippen molar-refractivity contribution in [2.75, 3.05) is 5.32 Å². The van der Waals surface area contributed by atoms with Crippen LogP contribution in [0.3, 0.4) is 0 Å². The lowest BCUT2D eigenvalue weighted by atomic mass is 10.2. The lowest BCUT2D eigenvalue weighted by molar-refractivity contribution is -0.384. The number of nitro benzene ring substituents is 1. The standard InChI is InChI=1S/C21H15N5O3/c27-21(23-16-4-3-5-17(12-16)26(28)29)14-8-10-15(11-9-14)24-25-20-13-22-19-7-2-1-6-18(19)20/h1-13,22H,(H,23,27). The fourth-order valence-electron chi connectivity index (χ4n) is 2.83. The van der Waals surface area contributed by atoms with Crippen LogP contribution in [0.15, 0.2) is 89.2 Å². The van der Waals surface area contributed by atoms with Gasteiger partial charge in [0.1, 0.15) is 5.69 Å². The molecule has 0 bridgehead atoms. The van der Waals surface area contributed by atoms with Crippen LogP contribution < -0.4 is 5.32 Å². The van der Waals surface area contributed by atoms with E-state index in [-0.39, 0.29) is 11.6 Å². The molecule has 0 unspecified atom stereocenters. The van der Waals surface area contributed by atoms with Crippen molar-refractivity contribution in [1.82, 2.24) is 4.98 Å². The minimum atomic E-state index is -0.511. The highest BCUT2D eigenvalue weighted by Crippen LogP contribution is 2.27. The molecule has 0 fully saturated rings. The molecule has 1 amide bonds. The van der Waals surface area contributed by atoms with Crippen molar-refractivity contribution < 1.29 is 9.72 Å². The van der Waals surface area contributed by atoms with E-state index in [1.807, 2.05) is 24.3 Å². The van der Waals surface area contributed by atoms with Gasteiger partial charge < -0.3 is 10.3 Å². The second-order valence-electron chi connectivity index (χ2n) is 6.23. The fourth-order valence-corrected chi connectivity index (χ4v) is 2.83. The third-order valence-corrected chi connectivity index (χ3v) is 4.28. The number of hydrogen-bond donors (Lipinski definition) is 2. The average molecular weight is 385 g/mol. The number of nitrogens with zero attached hydrogens (tertiary/aromatic N) is 3. The molecule has 8 heteroatoms. The molecule has 0 saturated carbocycles. The molecule has 0 spiro atoms. The molecule has 0 radical (unpaired) electrons. The molecule has 3 aromatic carbocycles. The van der Waals surface area contributed by atoms with Crippen molar-refractivity contribution in [3.63, 3.8) is 0 Å². The van der Waals surface area contributed by atoms with Gasteiger partial charge in [0.2, 0.25) is 0 Å². The topological polar surface area (TPSA) is 113 Å². The van der Waals surface area contributed by atoms with Crippen LogP contribution in [0.2, 0.25) is 0 Å². The van der Waals surface area contributed by atoms with Crippen LogP contribution in [0.25, 0.3) is 10.9 Å². The maximum atomic E-state index is 12.4. The van der Waals surface area contributed by atoms with Gasteiger partial charge in [-0.2, -0.15) is 5.11 Å². The summed E-state index contributed by atoms with van der Waals surface area (Å²) >= 11 is 0. The van der Waals surface area contributed by atoms with Crippen molar-refractivity contribution in [2.45, 2.75) is 0 Å². The molecule has 0 aliphatic heterocycles. The SMILES string of the molecule is O=C(Nc1cccc([N+](=O)[O-])c1)c1ccc(N=Nc2c[nH]c3ccccc23)cc1. The number of aromatic amines is 1. The van der Waals surface area contributed by atoms with E-state index in [4.69, 9.17) is 0 Å². The molecule has 0 aliphatic rings. The number of hydrogen-bond acceptors (Lipinski definition) is 5. The van der Waals surface area contributed by atoms with Crippen LogP contribution in [0.5, 0.6) is 0 Å². The first kappa shape index (κ1) is 18.1. The van der Waals surface area contributed by atoms with E-state index >= 15 is 0 Å². The Labute approximate surface area is 165 Å². The predicted molar refractivity (Wildman–Crippen MR) is 110 cm³/mol. The van der Waals surface area contributed by atoms with Gasteiger partial charge in [0, 0.05) is 40.5 Å². The van der Waals surface area contributed by atoms with Gasteiger partial charge in [-0.3, -0.25) is 14.9 Å². The number of non-ortho nitro benzene ring substituents is 1. The van der Waals surface area contributed by atoms with E-state index in [9.17, 15) is 14.9 Å². The van der Waals surface area contributed by atoms with Gasteiger partial charge >= 0.3 is 0 Å². The Hall–Kier alpha value is -4.33. The number of nitro groups is 1. The maximum Gasteiger partial charge on any atom is 0.271 e. The van der Waals surface area contributed by atoms with Crippen molar-refractivity contribution in [2.24, 2.45) is 10.2 Å². The van der Waals surface area contributed by atoms with Crippen LogP contribution in [-0.4, -0.2) is 15.8 Å². The number of anilines is 1. The van der Waals surface area contributed by atoms with Gasteiger partial charge in [0.05, 0.1) is 10.6 Å². The lowest BCUT2D eigenvalue weighted by Crippen LogP contribution is -2.11. The third kappa shape index (κ3) is 4.01. The monoisotopic (exact) mass is 385 g/mol. The summed E-state index contributed by atoms with van der Waals surface area (Å²) < 4.78 is 0. The Morgan fingerprint density at radius 2 is 1.76 bits per heavy atom. The number of rotatable bonds is 5. The van der Waals surface area contributed by atoms with Gasteiger partial charge in [-0.15, -0.1) is 5.11 Å². The Morgan fingerprint density at radius 1 is 0.966 bits per heavy atom. The summed E-state index contributed by atoms with van der Waals surface area (Å²) in [6.45, 7) is 0. The van der Waals surface area contributed by atoms with Gasteiger partial charge in [0.15, 0.2) is 0 Å². The minimum Gasteiger partial charge on any atom is -0.359 e. The normalized spacial score (nSPS) is 11.0. The number of amides is 1.